The molecule has 1 N–H and O–H groups in total. The zero-order valence-corrected chi connectivity index (χ0v) is 11.6. The molecule has 0 bridgehead atoms. The van der Waals surface area contributed by atoms with Gasteiger partial charge in [-0.2, -0.15) is 0 Å². The van der Waals surface area contributed by atoms with E-state index in [4.69, 9.17) is 0 Å². The van der Waals surface area contributed by atoms with Crippen LogP contribution in [0.1, 0.15) is 45.4 Å². The molecular formula is C15H23N3O. The molecule has 4 nitrogen and oxygen atoms in total. The fourth-order valence-corrected chi connectivity index (χ4v) is 3.89. The lowest BCUT2D eigenvalue weighted by Crippen LogP contribution is -2.49. The van der Waals surface area contributed by atoms with Crippen LogP contribution in [0.4, 0.5) is 5.82 Å². The van der Waals surface area contributed by atoms with E-state index in [2.05, 4.69) is 14.9 Å². The third-order valence-corrected chi connectivity index (χ3v) is 4.85. The Hall–Kier alpha value is -1.16. The largest absolute Gasteiger partial charge is 0.390 e. The summed E-state index contributed by atoms with van der Waals surface area (Å²) in [5, 5.41) is 10.7. The van der Waals surface area contributed by atoms with Gasteiger partial charge in [0.1, 0.15) is 5.82 Å². The van der Waals surface area contributed by atoms with Crippen LogP contribution in [0.3, 0.4) is 0 Å². The maximum absolute atomic E-state index is 10.7. The van der Waals surface area contributed by atoms with Gasteiger partial charge in [-0.05, 0) is 32.6 Å². The molecule has 0 radical (unpaired) electrons. The van der Waals surface area contributed by atoms with Crippen molar-refractivity contribution in [3.05, 3.63) is 18.6 Å². The van der Waals surface area contributed by atoms with E-state index < -0.39 is 5.60 Å². The van der Waals surface area contributed by atoms with E-state index in [0.717, 1.165) is 38.0 Å². The molecule has 3 rings (SSSR count). The highest BCUT2D eigenvalue weighted by molar-refractivity contribution is 5.39. The van der Waals surface area contributed by atoms with Gasteiger partial charge in [-0.1, -0.05) is 12.8 Å². The standard InChI is InChI=1S/C15H23N3O/c1-15(19)7-3-2-5-12(15)13-6-4-10-18(13)14-11-16-8-9-17-14/h8-9,11-13,19H,2-7,10H2,1H3/t12-,13+,15+/m1/s1. The van der Waals surface area contributed by atoms with Crippen molar-refractivity contribution >= 4 is 5.82 Å². The van der Waals surface area contributed by atoms with Crippen LogP contribution < -0.4 is 4.90 Å². The van der Waals surface area contributed by atoms with Crippen molar-refractivity contribution in [2.45, 2.75) is 57.1 Å². The summed E-state index contributed by atoms with van der Waals surface area (Å²) in [5.74, 6) is 1.33. The van der Waals surface area contributed by atoms with E-state index in [1.54, 1.807) is 12.4 Å². The summed E-state index contributed by atoms with van der Waals surface area (Å²) in [6.45, 7) is 3.06. The van der Waals surface area contributed by atoms with Crippen LogP contribution in [0, 0.1) is 5.92 Å². The molecule has 0 unspecified atom stereocenters. The zero-order chi connectivity index (χ0) is 13.3. The molecule has 0 spiro atoms. The molecule has 1 aromatic heterocycles. The Morgan fingerprint density at radius 3 is 2.89 bits per heavy atom. The van der Waals surface area contributed by atoms with Crippen molar-refractivity contribution in [2.24, 2.45) is 5.92 Å². The summed E-state index contributed by atoms with van der Waals surface area (Å²) in [5.41, 5.74) is -0.520. The first-order chi connectivity index (χ1) is 9.18. The third-order valence-electron chi connectivity index (χ3n) is 4.85. The van der Waals surface area contributed by atoms with Crippen LogP contribution in [-0.2, 0) is 0 Å². The summed E-state index contributed by atoms with van der Waals surface area (Å²) in [7, 11) is 0. The molecule has 4 heteroatoms. The van der Waals surface area contributed by atoms with E-state index in [1.165, 1.54) is 12.8 Å². The summed E-state index contributed by atoms with van der Waals surface area (Å²) >= 11 is 0. The van der Waals surface area contributed by atoms with Gasteiger partial charge in [0, 0.05) is 30.9 Å². The normalized spacial score (nSPS) is 35.6. The van der Waals surface area contributed by atoms with Gasteiger partial charge in [0.15, 0.2) is 0 Å². The molecule has 1 saturated carbocycles. The number of rotatable bonds is 2. The highest BCUT2D eigenvalue weighted by Gasteiger charge is 2.43. The minimum atomic E-state index is -0.520. The number of aromatic nitrogens is 2. The molecule has 1 aliphatic heterocycles. The Morgan fingerprint density at radius 2 is 2.16 bits per heavy atom. The highest BCUT2D eigenvalue weighted by atomic mass is 16.3. The lowest BCUT2D eigenvalue weighted by atomic mass is 9.72. The molecule has 2 heterocycles. The summed E-state index contributed by atoms with van der Waals surface area (Å²) in [6.07, 6.45) is 12.1. The fourth-order valence-electron chi connectivity index (χ4n) is 3.89. The van der Waals surface area contributed by atoms with Gasteiger partial charge in [0.05, 0.1) is 11.8 Å². The number of anilines is 1. The maximum atomic E-state index is 10.7. The van der Waals surface area contributed by atoms with Crippen molar-refractivity contribution in [3.63, 3.8) is 0 Å². The molecule has 19 heavy (non-hydrogen) atoms. The summed E-state index contributed by atoms with van der Waals surface area (Å²) in [4.78, 5) is 11.0. The maximum Gasteiger partial charge on any atom is 0.147 e. The van der Waals surface area contributed by atoms with Gasteiger partial charge in [-0.15, -0.1) is 0 Å². The summed E-state index contributed by atoms with van der Waals surface area (Å²) < 4.78 is 0. The van der Waals surface area contributed by atoms with E-state index >= 15 is 0 Å². The van der Waals surface area contributed by atoms with E-state index in [-0.39, 0.29) is 0 Å². The molecule has 0 aromatic carbocycles. The quantitative estimate of drug-likeness (QED) is 0.888. The van der Waals surface area contributed by atoms with Crippen LogP contribution in [0.5, 0.6) is 0 Å². The Balaban J connectivity index is 1.83. The molecule has 104 valence electrons. The highest BCUT2D eigenvalue weighted by Crippen LogP contribution is 2.41. The monoisotopic (exact) mass is 261 g/mol. The second-order valence-electron chi connectivity index (χ2n) is 6.18. The molecule has 2 fully saturated rings. The first kappa shape index (κ1) is 12.9. The van der Waals surface area contributed by atoms with E-state index in [1.807, 2.05) is 13.1 Å². The van der Waals surface area contributed by atoms with Crippen LogP contribution in [0.15, 0.2) is 18.6 Å². The average Bonchev–Trinajstić information content (AvgIpc) is 2.88. The Labute approximate surface area is 114 Å². The number of hydrogen-bond acceptors (Lipinski definition) is 4. The second kappa shape index (κ2) is 5.08. The lowest BCUT2D eigenvalue weighted by molar-refractivity contribution is -0.0411. The van der Waals surface area contributed by atoms with Gasteiger partial charge in [0.2, 0.25) is 0 Å². The molecular weight excluding hydrogens is 238 g/mol. The topological polar surface area (TPSA) is 49.2 Å². The predicted molar refractivity (Wildman–Crippen MR) is 75.0 cm³/mol. The second-order valence-corrected chi connectivity index (χ2v) is 6.18. The average molecular weight is 261 g/mol. The van der Waals surface area contributed by atoms with Gasteiger partial charge in [-0.25, -0.2) is 4.98 Å². The van der Waals surface area contributed by atoms with Crippen molar-refractivity contribution in [1.29, 1.82) is 0 Å². The number of aliphatic hydroxyl groups is 1. The van der Waals surface area contributed by atoms with Crippen LogP contribution in [0.25, 0.3) is 0 Å². The first-order valence-electron chi connectivity index (χ1n) is 7.43. The van der Waals surface area contributed by atoms with Crippen LogP contribution in [-0.4, -0.2) is 33.3 Å². The van der Waals surface area contributed by atoms with Crippen LogP contribution in [0.2, 0.25) is 0 Å². The Kier molecular flexibility index (Phi) is 3.44. The van der Waals surface area contributed by atoms with Gasteiger partial charge >= 0.3 is 0 Å². The number of nitrogens with zero attached hydrogens (tertiary/aromatic N) is 3. The van der Waals surface area contributed by atoms with Crippen molar-refractivity contribution < 1.29 is 5.11 Å². The summed E-state index contributed by atoms with van der Waals surface area (Å²) in [6, 6.07) is 0.423. The molecule has 1 aliphatic carbocycles. The smallest absolute Gasteiger partial charge is 0.147 e. The third kappa shape index (κ3) is 2.46. The Bertz CT molecular complexity index is 421. The van der Waals surface area contributed by atoms with Gasteiger partial charge < -0.3 is 10.0 Å². The van der Waals surface area contributed by atoms with Crippen molar-refractivity contribution in [1.82, 2.24) is 9.97 Å². The number of hydrogen-bond donors (Lipinski definition) is 1. The first-order valence-corrected chi connectivity index (χ1v) is 7.43. The lowest BCUT2D eigenvalue weighted by Gasteiger charge is -2.43. The molecule has 1 aromatic rings. The van der Waals surface area contributed by atoms with E-state index in [9.17, 15) is 5.11 Å². The predicted octanol–water partition coefficient (Wildman–Crippen LogP) is 2.39. The van der Waals surface area contributed by atoms with Gasteiger partial charge in [-0.3, -0.25) is 4.98 Å². The molecule has 0 amide bonds. The van der Waals surface area contributed by atoms with Gasteiger partial charge in [0.25, 0.3) is 0 Å². The molecule has 1 saturated heterocycles. The minimum absolute atomic E-state index is 0.366. The van der Waals surface area contributed by atoms with Crippen LogP contribution >= 0.6 is 0 Å². The molecule has 3 atom stereocenters. The zero-order valence-electron chi connectivity index (χ0n) is 11.6. The molecule has 2 aliphatic rings. The minimum Gasteiger partial charge on any atom is -0.390 e. The fraction of sp³-hybridized carbons (Fsp3) is 0.733. The Morgan fingerprint density at radius 1 is 1.26 bits per heavy atom. The SMILES string of the molecule is C[C@]1(O)CCCC[C@@H]1[C@@H]1CCCN1c1cnccn1. The van der Waals surface area contributed by atoms with E-state index in [0.29, 0.717) is 12.0 Å². The van der Waals surface area contributed by atoms with Crippen molar-refractivity contribution in [3.8, 4) is 0 Å². The van der Waals surface area contributed by atoms with Crippen molar-refractivity contribution in [2.75, 3.05) is 11.4 Å².